The molecular formula is C16H17N3O2. The molecule has 0 radical (unpaired) electrons. The molecule has 5 heteroatoms. The third kappa shape index (κ3) is 3.94. The van der Waals surface area contributed by atoms with Crippen LogP contribution in [-0.4, -0.2) is 27.2 Å². The molecule has 0 unspecified atom stereocenters. The third-order valence-electron chi connectivity index (χ3n) is 2.84. The van der Waals surface area contributed by atoms with Crippen LogP contribution in [0.3, 0.4) is 0 Å². The van der Waals surface area contributed by atoms with Crippen LogP contribution >= 0.6 is 0 Å². The van der Waals surface area contributed by atoms with Crippen molar-refractivity contribution in [2.45, 2.75) is 19.9 Å². The van der Waals surface area contributed by atoms with Gasteiger partial charge in [-0.05, 0) is 30.7 Å². The Hall–Kier alpha value is -2.58. The number of amides is 1. The van der Waals surface area contributed by atoms with Gasteiger partial charge in [0.05, 0.1) is 0 Å². The first-order chi connectivity index (χ1) is 10.2. The van der Waals surface area contributed by atoms with Crippen LogP contribution < -0.4 is 5.32 Å². The maximum atomic E-state index is 12.2. The van der Waals surface area contributed by atoms with Gasteiger partial charge in [-0.15, -0.1) is 0 Å². The molecule has 21 heavy (non-hydrogen) atoms. The zero-order valence-corrected chi connectivity index (χ0v) is 11.8. The Balaban J connectivity index is 2.14. The summed E-state index contributed by atoms with van der Waals surface area (Å²) in [6, 6.07) is 7.02. The van der Waals surface area contributed by atoms with Gasteiger partial charge in [-0.3, -0.25) is 4.79 Å². The fourth-order valence-electron chi connectivity index (χ4n) is 1.95. The van der Waals surface area contributed by atoms with Crippen molar-refractivity contribution < 1.29 is 9.90 Å². The first kappa shape index (κ1) is 14.8. The number of rotatable bonds is 4. The number of aryl methyl sites for hydroxylation is 1. The zero-order chi connectivity index (χ0) is 15.1. The molecule has 0 aliphatic carbocycles. The quantitative estimate of drug-likeness (QED) is 0.842. The van der Waals surface area contributed by atoms with E-state index in [0.717, 1.165) is 13.0 Å². The van der Waals surface area contributed by atoms with E-state index in [4.69, 9.17) is 5.11 Å². The minimum absolute atomic E-state index is 0.200. The number of aliphatic hydroxyl groups excluding tert-OH is 1. The summed E-state index contributed by atoms with van der Waals surface area (Å²) in [4.78, 5) is 16.3. The maximum Gasteiger partial charge on any atom is 0.273 e. The van der Waals surface area contributed by atoms with Crippen molar-refractivity contribution in [2.75, 3.05) is 11.9 Å². The normalized spacial score (nSPS) is 9.81. The van der Waals surface area contributed by atoms with E-state index in [1.54, 1.807) is 24.4 Å². The van der Waals surface area contributed by atoms with Crippen molar-refractivity contribution in [3.8, 4) is 11.8 Å². The van der Waals surface area contributed by atoms with Crippen LogP contribution in [0.4, 0.5) is 5.82 Å². The summed E-state index contributed by atoms with van der Waals surface area (Å²) in [5.41, 5.74) is 1.30. The molecule has 2 aromatic heterocycles. The van der Waals surface area contributed by atoms with Crippen LogP contribution in [0.2, 0.25) is 0 Å². The molecule has 0 saturated heterocycles. The van der Waals surface area contributed by atoms with Gasteiger partial charge in [-0.25, -0.2) is 4.98 Å². The van der Waals surface area contributed by atoms with E-state index in [0.29, 0.717) is 17.1 Å². The Morgan fingerprint density at radius 3 is 3.10 bits per heavy atom. The van der Waals surface area contributed by atoms with E-state index >= 15 is 0 Å². The number of aromatic nitrogens is 2. The molecule has 0 saturated carbocycles. The van der Waals surface area contributed by atoms with Crippen molar-refractivity contribution in [2.24, 2.45) is 0 Å². The van der Waals surface area contributed by atoms with Gasteiger partial charge in [-0.2, -0.15) is 0 Å². The topological polar surface area (TPSA) is 67.2 Å². The summed E-state index contributed by atoms with van der Waals surface area (Å²) in [6.45, 7) is 2.66. The second kappa shape index (κ2) is 7.27. The highest BCUT2D eigenvalue weighted by Gasteiger charge is 2.11. The summed E-state index contributed by atoms with van der Waals surface area (Å²) < 4.78 is 1.91. The number of hydrogen-bond donors (Lipinski definition) is 2. The molecule has 0 aliphatic heterocycles. The number of hydrogen-bond acceptors (Lipinski definition) is 3. The molecule has 2 N–H and O–H groups in total. The first-order valence-corrected chi connectivity index (χ1v) is 6.77. The van der Waals surface area contributed by atoms with Crippen LogP contribution in [-0.2, 0) is 6.54 Å². The van der Waals surface area contributed by atoms with Crippen LogP contribution in [0.25, 0.3) is 0 Å². The predicted molar refractivity (Wildman–Crippen MR) is 80.9 cm³/mol. The number of carbonyl (C=O) groups is 1. The molecular weight excluding hydrogens is 266 g/mol. The van der Waals surface area contributed by atoms with Gasteiger partial charge in [0.15, 0.2) is 0 Å². The van der Waals surface area contributed by atoms with E-state index in [1.165, 1.54) is 0 Å². The Bertz CT molecular complexity index is 680. The lowest BCUT2D eigenvalue weighted by molar-refractivity contribution is 0.101. The molecule has 0 bridgehead atoms. The van der Waals surface area contributed by atoms with Crippen molar-refractivity contribution in [3.05, 3.63) is 47.9 Å². The van der Waals surface area contributed by atoms with Crippen molar-refractivity contribution >= 4 is 11.7 Å². The molecule has 0 aliphatic rings. The highest BCUT2D eigenvalue weighted by Crippen LogP contribution is 2.10. The zero-order valence-electron chi connectivity index (χ0n) is 11.8. The molecule has 0 fully saturated rings. The smallest absolute Gasteiger partial charge is 0.273 e. The van der Waals surface area contributed by atoms with E-state index in [2.05, 4.69) is 29.1 Å². The molecule has 0 aromatic carbocycles. The molecule has 5 nitrogen and oxygen atoms in total. The molecule has 0 atom stereocenters. The predicted octanol–water partition coefficient (Wildman–Crippen LogP) is 1.89. The van der Waals surface area contributed by atoms with Gasteiger partial charge in [0, 0.05) is 24.5 Å². The van der Waals surface area contributed by atoms with Crippen LogP contribution in [0.5, 0.6) is 0 Å². The van der Waals surface area contributed by atoms with Gasteiger partial charge in [0.25, 0.3) is 5.91 Å². The monoisotopic (exact) mass is 283 g/mol. The van der Waals surface area contributed by atoms with Crippen LogP contribution in [0.15, 0.2) is 36.7 Å². The third-order valence-corrected chi connectivity index (χ3v) is 2.84. The number of anilines is 1. The SMILES string of the molecule is CCCn1cccc1C(=O)Nc1cc(C#CCO)ccn1. The standard InChI is InChI=1S/C16H17N3O2/c1-2-9-19-10-3-6-14(19)16(21)18-15-12-13(5-4-11-20)7-8-17-15/h3,6-8,10,12,20H,2,9,11H2,1H3,(H,17,18,21). The number of nitrogens with zero attached hydrogens (tertiary/aromatic N) is 2. The lowest BCUT2D eigenvalue weighted by Crippen LogP contribution is -2.17. The van der Waals surface area contributed by atoms with Gasteiger partial charge in [0.1, 0.15) is 18.1 Å². The van der Waals surface area contributed by atoms with Gasteiger partial charge < -0.3 is 15.0 Å². The summed E-state index contributed by atoms with van der Waals surface area (Å²) in [5.74, 6) is 5.58. The Morgan fingerprint density at radius 1 is 1.48 bits per heavy atom. The second-order valence-electron chi connectivity index (χ2n) is 4.43. The molecule has 0 spiro atoms. The molecule has 1 amide bonds. The Kier molecular flexibility index (Phi) is 5.13. The minimum atomic E-state index is -0.201. The fraction of sp³-hybridized carbons (Fsp3) is 0.250. The fourth-order valence-corrected chi connectivity index (χ4v) is 1.95. The van der Waals surface area contributed by atoms with Gasteiger partial charge in [-0.1, -0.05) is 18.8 Å². The summed E-state index contributed by atoms with van der Waals surface area (Å²) in [5, 5.41) is 11.4. The highest BCUT2D eigenvalue weighted by atomic mass is 16.2. The minimum Gasteiger partial charge on any atom is -0.384 e. The van der Waals surface area contributed by atoms with E-state index in [9.17, 15) is 4.79 Å². The number of pyridine rings is 1. The summed E-state index contributed by atoms with van der Waals surface area (Å²) in [6.07, 6.45) is 4.41. The first-order valence-electron chi connectivity index (χ1n) is 6.77. The Morgan fingerprint density at radius 2 is 2.33 bits per heavy atom. The summed E-state index contributed by atoms with van der Waals surface area (Å²) in [7, 11) is 0. The molecule has 2 aromatic rings. The molecule has 2 heterocycles. The van der Waals surface area contributed by atoms with Crippen molar-refractivity contribution in [1.29, 1.82) is 0 Å². The molecule has 2 rings (SSSR count). The second-order valence-corrected chi connectivity index (χ2v) is 4.43. The van der Waals surface area contributed by atoms with Crippen molar-refractivity contribution in [3.63, 3.8) is 0 Å². The van der Waals surface area contributed by atoms with Crippen LogP contribution in [0.1, 0.15) is 29.4 Å². The Labute approximate surface area is 123 Å². The van der Waals surface area contributed by atoms with Gasteiger partial charge >= 0.3 is 0 Å². The largest absolute Gasteiger partial charge is 0.384 e. The average Bonchev–Trinajstić information content (AvgIpc) is 2.94. The van der Waals surface area contributed by atoms with E-state index < -0.39 is 0 Å². The van der Waals surface area contributed by atoms with Gasteiger partial charge in [0.2, 0.25) is 0 Å². The highest BCUT2D eigenvalue weighted by molar-refractivity contribution is 6.02. The van der Waals surface area contributed by atoms with E-state index in [-0.39, 0.29) is 12.5 Å². The van der Waals surface area contributed by atoms with E-state index in [1.807, 2.05) is 16.8 Å². The lowest BCUT2D eigenvalue weighted by Gasteiger charge is -2.08. The molecule has 108 valence electrons. The number of aliphatic hydroxyl groups is 1. The number of carbonyl (C=O) groups excluding carboxylic acids is 1. The number of nitrogens with one attached hydrogen (secondary N) is 1. The summed E-state index contributed by atoms with van der Waals surface area (Å²) >= 11 is 0. The van der Waals surface area contributed by atoms with Crippen molar-refractivity contribution in [1.82, 2.24) is 9.55 Å². The lowest BCUT2D eigenvalue weighted by atomic mass is 10.2. The average molecular weight is 283 g/mol. The maximum absolute atomic E-state index is 12.2. The van der Waals surface area contributed by atoms with Crippen LogP contribution in [0, 0.1) is 11.8 Å².